The molecule has 3 rings (SSSR count). The van der Waals surface area contributed by atoms with Gasteiger partial charge in [0.15, 0.2) is 0 Å². The molecule has 2 heterocycles. The van der Waals surface area contributed by atoms with E-state index in [4.69, 9.17) is 0 Å². The monoisotopic (exact) mass is 332 g/mol. The molecule has 124 valence electrons. The number of hydrogen-bond acceptors (Lipinski definition) is 3. The van der Waals surface area contributed by atoms with Crippen molar-refractivity contribution in [1.82, 2.24) is 14.8 Å². The van der Waals surface area contributed by atoms with Crippen molar-refractivity contribution in [3.8, 4) is 0 Å². The molecule has 0 aliphatic carbocycles. The van der Waals surface area contributed by atoms with E-state index in [-0.39, 0.29) is 0 Å². The molecule has 0 bridgehead atoms. The Morgan fingerprint density at radius 2 is 1.88 bits per heavy atom. The number of halogens is 3. The molecule has 0 atom stereocenters. The number of nitrogens with one attached hydrogen (secondary N) is 1. The van der Waals surface area contributed by atoms with E-state index in [2.05, 4.69) is 15.4 Å². The molecule has 0 saturated heterocycles. The van der Waals surface area contributed by atoms with Crippen LogP contribution in [-0.2, 0) is 19.3 Å². The highest BCUT2D eigenvalue weighted by Gasteiger charge is 2.30. The van der Waals surface area contributed by atoms with Gasteiger partial charge in [0.05, 0.1) is 12.1 Å². The average Bonchev–Trinajstić information content (AvgIpc) is 3.06. The van der Waals surface area contributed by atoms with Crippen molar-refractivity contribution >= 4 is 5.82 Å². The van der Waals surface area contributed by atoms with E-state index in [1.165, 1.54) is 6.07 Å². The molecule has 0 saturated carbocycles. The highest BCUT2D eigenvalue weighted by molar-refractivity contribution is 5.37. The van der Waals surface area contributed by atoms with E-state index < -0.39 is 11.7 Å². The second-order valence-corrected chi connectivity index (χ2v) is 5.31. The van der Waals surface area contributed by atoms with Crippen molar-refractivity contribution in [2.24, 2.45) is 0 Å². The molecule has 0 amide bonds. The van der Waals surface area contributed by atoms with Crippen LogP contribution in [0, 0.1) is 0 Å². The van der Waals surface area contributed by atoms with Crippen molar-refractivity contribution in [2.45, 2.75) is 19.3 Å². The van der Waals surface area contributed by atoms with Crippen LogP contribution in [0.4, 0.5) is 19.0 Å². The Hall–Kier alpha value is -2.83. The van der Waals surface area contributed by atoms with Gasteiger partial charge >= 0.3 is 6.18 Å². The molecule has 2 aromatic heterocycles. The van der Waals surface area contributed by atoms with Crippen LogP contribution in [0.5, 0.6) is 0 Å². The maximum Gasteiger partial charge on any atom is 0.417 e. The van der Waals surface area contributed by atoms with Gasteiger partial charge in [0, 0.05) is 25.1 Å². The van der Waals surface area contributed by atoms with Crippen LogP contribution in [0.25, 0.3) is 0 Å². The zero-order chi connectivity index (χ0) is 17.0. The van der Waals surface area contributed by atoms with Crippen LogP contribution in [-0.4, -0.2) is 14.8 Å². The van der Waals surface area contributed by atoms with E-state index in [1.807, 2.05) is 41.2 Å². The Morgan fingerprint density at radius 3 is 2.54 bits per heavy atom. The van der Waals surface area contributed by atoms with Crippen molar-refractivity contribution in [1.29, 1.82) is 0 Å². The lowest BCUT2D eigenvalue weighted by Gasteiger charge is -2.10. The maximum absolute atomic E-state index is 12.5. The van der Waals surface area contributed by atoms with Crippen LogP contribution in [0.15, 0.2) is 61.1 Å². The zero-order valence-electron chi connectivity index (χ0n) is 12.7. The molecule has 0 unspecified atom stereocenters. The number of rotatable bonds is 5. The smallest absolute Gasteiger partial charge is 0.366 e. The predicted molar refractivity (Wildman–Crippen MR) is 84.3 cm³/mol. The van der Waals surface area contributed by atoms with Crippen LogP contribution in [0.2, 0.25) is 0 Å². The Morgan fingerprint density at radius 1 is 1.04 bits per heavy atom. The van der Waals surface area contributed by atoms with Gasteiger partial charge in [-0.3, -0.25) is 4.68 Å². The Labute approximate surface area is 137 Å². The molecule has 0 aliphatic heterocycles. The minimum Gasteiger partial charge on any atom is -0.366 e. The molecule has 24 heavy (non-hydrogen) atoms. The lowest BCUT2D eigenvalue weighted by Crippen LogP contribution is -2.07. The molecule has 0 aliphatic rings. The molecule has 0 radical (unpaired) electrons. The molecule has 4 nitrogen and oxygen atoms in total. The van der Waals surface area contributed by atoms with Crippen molar-refractivity contribution in [3.05, 3.63) is 77.7 Å². The Bertz CT molecular complexity index is 780. The fourth-order valence-corrected chi connectivity index (χ4v) is 2.28. The fraction of sp³-hybridized carbons (Fsp3) is 0.176. The normalized spacial score (nSPS) is 11.5. The second-order valence-electron chi connectivity index (χ2n) is 5.31. The number of benzene rings is 1. The minimum absolute atomic E-state index is 0.403. The highest BCUT2D eigenvalue weighted by Crippen LogP contribution is 2.28. The number of anilines is 1. The van der Waals surface area contributed by atoms with E-state index in [1.54, 1.807) is 6.20 Å². The molecule has 0 spiro atoms. The first kappa shape index (κ1) is 16.0. The highest BCUT2D eigenvalue weighted by atomic mass is 19.4. The third-order valence-corrected chi connectivity index (χ3v) is 3.46. The summed E-state index contributed by atoms with van der Waals surface area (Å²) in [5.41, 5.74) is 1.36. The van der Waals surface area contributed by atoms with Gasteiger partial charge in [-0.2, -0.15) is 18.3 Å². The van der Waals surface area contributed by atoms with Crippen molar-refractivity contribution in [3.63, 3.8) is 0 Å². The van der Waals surface area contributed by atoms with Gasteiger partial charge in [-0.25, -0.2) is 4.98 Å². The lowest BCUT2D eigenvalue weighted by molar-refractivity contribution is -0.137. The summed E-state index contributed by atoms with van der Waals surface area (Å²) >= 11 is 0. The number of nitrogens with zero attached hydrogens (tertiary/aromatic N) is 3. The first-order chi connectivity index (χ1) is 11.5. The standard InChI is InChI=1S/C17H15F3N4/c18-17(19,20)15-5-6-16(22-11-15)21-10-13-3-1-4-14(9-13)12-24-8-2-7-23-24/h1-9,11H,10,12H2,(H,21,22). The number of hydrogen-bond donors (Lipinski definition) is 1. The summed E-state index contributed by atoms with van der Waals surface area (Å²) in [5, 5.41) is 7.19. The lowest BCUT2D eigenvalue weighted by atomic mass is 10.1. The van der Waals surface area contributed by atoms with Crippen LogP contribution < -0.4 is 5.32 Å². The number of aromatic nitrogens is 3. The molecule has 7 heteroatoms. The summed E-state index contributed by atoms with van der Waals surface area (Å²) in [4.78, 5) is 3.80. The molecular formula is C17H15F3N4. The number of alkyl halides is 3. The summed E-state index contributed by atoms with van der Waals surface area (Å²) in [5.74, 6) is 0.403. The van der Waals surface area contributed by atoms with Gasteiger partial charge < -0.3 is 5.32 Å². The van der Waals surface area contributed by atoms with Crippen molar-refractivity contribution in [2.75, 3.05) is 5.32 Å². The molecule has 1 N–H and O–H groups in total. The van der Waals surface area contributed by atoms with Crippen molar-refractivity contribution < 1.29 is 13.2 Å². The molecule has 0 fully saturated rings. The zero-order valence-corrected chi connectivity index (χ0v) is 12.7. The van der Waals surface area contributed by atoms with Gasteiger partial charge in [0.25, 0.3) is 0 Å². The summed E-state index contributed by atoms with van der Waals surface area (Å²) in [6.45, 7) is 1.14. The fourth-order valence-electron chi connectivity index (χ4n) is 2.28. The van der Waals surface area contributed by atoms with Gasteiger partial charge in [-0.1, -0.05) is 24.3 Å². The topological polar surface area (TPSA) is 42.7 Å². The summed E-state index contributed by atoms with van der Waals surface area (Å²) in [7, 11) is 0. The minimum atomic E-state index is -4.37. The maximum atomic E-state index is 12.5. The largest absolute Gasteiger partial charge is 0.417 e. The van der Waals surface area contributed by atoms with E-state index in [0.29, 0.717) is 18.9 Å². The van der Waals surface area contributed by atoms with Gasteiger partial charge in [0.1, 0.15) is 5.82 Å². The van der Waals surface area contributed by atoms with Crippen LogP contribution in [0.1, 0.15) is 16.7 Å². The Balaban J connectivity index is 1.62. The van der Waals surface area contributed by atoms with Crippen LogP contribution in [0.3, 0.4) is 0 Å². The summed E-state index contributed by atoms with van der Waals surface area (Å²) in [6.07, 6.45) is 0.0710. The van der Waals surface area contributed by atoms with E-state index in [0.717, 1.165) is 23.4 Å². The predicted octanol–water partition coefficient (Wildman–Crippen LogP) is 3.96. The molecule has 1 aromatic carbocycles. The SMILES string of the molecule is FC(F)(F)c1ccc(NCc2cccc(Cn3cccn3)c2)nc1. The molecular weight excluding hydrogens is 317 g/mol. The van der Waals surface area contributed by atoms with Crippen LogP contribution >= 0.6 is 0 Å². The first-order valence-corrected chi connectivity index (χ1v) is 7.33. The molecule has 3 aromatic rings. The van der Waals surface area contributed by atoms with E-state index in [9.17, 15) is 13.2 Å². The van der Waals surface area contributed by atoms with Gasteiger partial charge in [-0.05, 0) is 29.3 Å². The van der Waals surface area contributed by atoms with E-state index >= 15 is 0 Å². The average molecular weight is 332 g/mol. The third kappa shape index (κ3) is 4.13. The van der Waals surface area contributed by atoms with Gasteiger partial charge in [-0.15, -0.1) is 0 Å². The van der Waals surface area contributed by atoms with Gasteiger partial charge in [0.2, 0.25) is 0 Å². The quantitative estimate of drug-likeness (QED) is 0.769. The third-order valence-electron chi connectivity index (χ3n) is 3.46. The Kier molecular flexibility index (Phi) is 4.50. The first-order valence-electron chi connectivity index (χ1n) is 7.33. The summed E-state index contributed by atoms with van der Waals surface area (Å²) < 4.78 is 39.3. The number of pyridine rings is 1. The summed E-state index contributed by atoms with van der Waals surface area (Å²) in [6, 6.07) is 12.1. The second kappa shape index (κ2) is 6.74.